The van der Waals surface area contributed by atoms with Crippen LogP contribution in [0.5, 0.6) is 0 Å². The summed E-state index contributed by atoms with van der Waals surface area (Å²) in [5.41, 5.74) is 8.16. The molecule has 0 aliphatic rings. The molecule has 0 fully saturated rings. The number of carbonyl (C=O) groups excluding carboxylic acids is 1. The molecule has 4 aromatic rings. The van der Waals surface area contributed by atoms with Crippen molar-refractivity contribution in [2.45, 2.75) is 13.3 Å². The Hall–Kier alpha value is -3.62. The second-order valence-electron chi connectivity index (χ2n) is 6.34. The van der Waals surface area contributed by atoms with Crippen molar-refractivity contribution in [2.24, 2.45) is 7.05 Å². The quantitative estimate of drug-likeness (QED) is 0.503. The highest BCUT2D eigenvalue weighted by molar-refractivity contribution is 6.04. The van der Waals surface area contributed by atoms with Gasteiger partial charge in [0.15, 0.2) is 5.65 Å². The molecule has 1 amide bonds. The maximum atomic E-state index is 12.5. The fourth-order valence-electron chi connectivity index (χ4n) is 3.08. The van der Waals surface area contributed by atoms with Crippen LogP contribution in [0.4, 0.5) is 5.82 Å². The molecule has 4 N–H and O–H groups in total. The molecule has 1 aromatic carbocycles. The summed E-state index contributed by atoms with van der Waals surface area (Å²) in [6, 6.07) is 7.11. The molecule has 27 heavy (non-hydrogen) atoms. The maximum absolute atomic E-state index is 12.5. The van der Waals surface area contributed by atoms with Crippen molar-refractivity contribution >= 4 is 28.3 Å². The van der Waals surface area contributed by atoms with Crippen LogP contribution in [0.2, 0.25) is 0 Å². The molecule has 0 aliphatic heterocycles. The molecule has 0 saturated carbocycles. The summed E-state index contributed by atoms with van der Waals surface area (Å²) in [7, 11) is 1.86. The Bertz CT molecular complexity index is 1230. The monoisotopic (exact) mass is 365 g/mol. The van der Waals surface area contributed by atoms with Gasteiger partial charge >= 0.3 is 0 Å². The van der Waals surface area contributed by atoms with Gasteiger partial charge in [0, 0.05) is 30.6 Å². The van der Waals surface area contributed by atoms with Crippen molar-refractivity contribution in [1.29, 1.82) is 0 Å². The third kappa shape index (κ3) is 2.73. The Labute approximate surface area is 153 Å². The molecular weight excluding hydrogens is 346 g/mol. The Kier molecular flexibility index (Phi) is 3.91. The molecule has 3 heterocycles. The summed E-state index contributed by atoms with van der Waals surface area (Å²) >= 11 is 0. The minimum atomic E-state index is -0.361. The van der Waals surface area contributed by atoms with E-state index in [0.29, 0.717) is 12.2 Å². The zero-order chi connectivity index (χ0) is 19.1. The van der Waals surface area contributed by atoms with Crippen molar-refractivity contribution in [2.75, 3.05) is 12.3 Å². The van der Waals surface area contributed by atoms with Crippen molar-refractivity contribution in [3.63, 3.8) is 0 Å². The first-order valence-electron chi connectivity index (χ1n) is 8.61. The van der Waals surface area contributed by atoms with Gasteiger partial charge in [-0.3, -0.25) is 19.4 Å². The average Bonchev–Trinajstić information content (AvgIpc) is 3.19. The minimum Gasteiger partial charge on any atom is -0.383 e. The number of aromatic amines is 1. The lowest BCUT2D eigenvalue weighted by atomic mass is 10.1. The summed E-state index contributed by atoms with van der Waals surface area (Å²) in [5.74, 6) is -0.257. The number of anilines is 1. The number of hydrogen-bond acceptors (Lipinski definition) is 5. The molecule has 3 aromatic heterocycles. The zero-order valence-electron chi connectivity index (χ0n) is 15.0. The number of aryl methyl sites for hydroxylation is 1. The highest BCUT2D eigenvalue weighted by Gasteiger charge is 2.20. The van der Waals surface area contributed by atoms with Crippen LogP contribution in [0.3, 0.4) is 0 Å². The summed E-state index contributed by atoms with van der Waals surface area (Å²) in [5, 5.41) is 10.6. The van der Waals surface area contributed by atoms with Crippen molar-refractivity contribution in [1.82, 2.24) is 29.7 Å². The number of nitrogens with one attached hydrogen (secondary N) is 2. The van der Waals surface area contributed by atoms with E-state index < -0.39 is 0 Å². The highest BCUT2D eigenvalue weighted by atomic mass is 16.2. The van der Waals surface area contributed by atoms with E-state index in [9.17, 15) is 9.59 Å². The van der Waals surface area contributed by atoms with E-state index in [0.717, 1.165) is 22.9 Å². The predicted octanol–water partition coefficient (Wildman–Crippen LogP) is 1.30. The first-order chi connectivity index (χ1) is 13.0. The predicted molar refractivity (Wildman–Crippen MR) is 103 cm³/mol. The second kappa shape index (κ2) is 6.27. The van der Waals surface area contributed by atoms with E-state index in [1.807, 2.05) is 32.2 Å². The first kappa shape index (κ1) is 16.8. The van der Waals surface area contributed by atoms with Gasteiger partial charge in [0.1, 0.15) is 11.4 Å². The topological polar surface area (TPSA) is 123 Å². The lowest BCUT2D eigenvalue weighted by Gasteiger charge is -2.04. The molecule has 0 atom stereocenters. The van der Waals surface area contributed by atoms with Gasteiger partial charge in [-0.2, -0.15) is 9.61 Å². The van der Waals surface area contributed by atoms with E-state index in [4.69, 9.17) is 5.73 Å². The van der Waals surface area contributed by atoms with Crippen LogP contribution in [-0.4, -0.2) is 36.8 Å². The van der Waals surface area contributed by atoms with Crippen molar-refractivity contribution < 1.29 is 4.79 Å². The van der Waals surface area contributed by atoms with Gasteiger partial charge in [0.05, 0.1) is 17.4 Å². The van der Waals surface area contributed by atoms with Crippen LogP contribution in [0, 0.1) is 0 Å². The summed E-state index contributed by atoms with van der Waals surface area (Å²) in [6.07, 6.45) is 2.54. The number of fused-ring (bicyclic) bond motifs is 2. The van der Waals surface area contributed by atoms with Crippen LogP contribution < -0.4 is 16.6 Å². The normalized spacial score (nSPS) is 11.3. The number of nitrogens with two attached hydrogens (primary N) is 1. The number of rotatable bonds is 4. The van der Waals surface area contributed by atoms with Crippen LogP contribution >= 0.6 is 0 Å². The first-order valence-corrected chi connectivity index (χ1v) is 8.61. The molecular formula is C18H19N7O2. The van der Waals surface area contributed by atoms with Gasteiger partial charge in [0.2, 0.25) is 0 Å². The second-order valence-corrected chi connectivity index (χ2v) is 6.34. The number of nitrogens with zero attached hydrogens (tertiary/aromatic N) is 4. The van der Waals surface area contributed by atoms with E-state index in [2.05, 4.69) is 20.5 Å². The fourth-order valence-corrected chi connectivity index (χ4v) is 3.08. The standard InChI is InChI=1S/C18H19N7O2/c1-3-6-20-18(27)15-16(19)23-25-14(26)8-12(22-17(15)25)10-4-5-13-11(7-10)9-21-24(13)2/h4-5,7-9,23H,3,6,19H2,1-2H3,(H,20,27). The number of benzene rings is 1. The zero-order valence-corrected chi connectivity index (χ0v) is 15.0. The number of amides is 1. The van der Waals surface area contributed by atoms with Crippen LogP contribution in [0.15, 0.2) is 35.3 Å². The van der Waals surface area contributed by atoms with Gasteiger partial charge in [-0.05, 0) is 18.6 Å². The summed E-state index contributed by atoms with van der Waals surface area (Å²) in [6.45, 7) is 2.46. The number of carbonyl (C=O) groups is 1. The fraction of sp³-hybridized carbons (Fsp3) is 0.222. The molecule has 9 nitrogen and oxygen atoms in total. The van der Waals surface area contributed by atoms with Crippen LogP contribution in [0.25, 0.3) is 27.8 Å². The highest BCUT2D eigenvalue weighted by Crippen LogP contribution is 2.24. The van der Waals surface area contributed by atoms with Gasteiger partial charge in [0.25, 0.3) is 11.5 Å². The lowest BCUT2D eigenvalue weighted by Crippen LogP contribution is -2.25. The van der Waals surface area contributed by atoms with Gasteiger partial charge < -0.3 is 11.1 Å². The molecule has 0 radical (unpaired) electrons. The number of aromatic nitrogens is 5. The Balaban J connectivity index is 1.88. The molecule has 0 saturated heterocycles. The van der Waals surface area contributed by atoms with Gasteiger partial charge in [-0.1, -0.05) is 13.0 Å². The summed E-state index contributed by atoms with van der Waals surface area (Å²) in [4.78, 5) is 29.5. The van der Waals surface area contributed by atoms with Gasteiger partial charge in [-0.25, -0.2) is 4.98 Å². The van der Waals surface area contributed by atoms with E-state index in [-0.39, 0.29) is 28.5 Å². The number of H-pyrrole nitrogens is 1. The molecule has 0 unspecified atom stereocenters. The molecule has 0 aliphatic carbocycles. The molecule has 0 spiro atoms. The number of nitrogen functional groups attached to an aromatic ring is 1. The Morgan fingerprint density at radius 3 is 2.93 bits per heavy atom. The minimum absolute atomic E-state index is 0.105. The number of hydrogen-bond donors (Lipinski definition) is 3. The lowest BCUT2D eigenvalue weighted by molar-refractivity contribution is 0.0956. The van der Waals surface area contributed by atoms with Crippen molar-refractivity contribution in [3.8, 4) is 11.3 Å². The van der Waals surface area contributed by atoms with Crippen LogP contribution in [0.1, 0.15) is 23.7 Å². The molecule has 4 rings (SSSR count). The van der Waals surface area contributed by atoms with E-state index in [1.165, 1.54) is 10.6 Å². The van der Waals surface area contributed by atoms with E-state index in [1.54, 1.807) is 10.9 Å². The molecule has 138 valence electrons. The summed E-state index contributed by atoms with van der Waals surface area (Å²) < 4.78 is 2.95. The van der Waals surface area contributed by atoms with E-state index >= 15 is 0 Å². The molecule has 0 bridgehead atoms. The third-order valence-corrected chi connectivity index (χ3v) is 4.45. The van der Waals surface area contributed by atoms with Gasteiger partial charge in [-0.15, -0.1) is 0 Å². The Morgan fingerprint density at radius 2 is 2.15 bits per heavy atom. The smallest absolute Gasteiger partial charge is 0.273 e. The largest absolute Gasteiger partial charge is 0.383 e. The third-order valence-electron chi connectivity index (χ3n) is 4.45. The average molecular weight is 365 g/mol. The molecule has 9 heteroatoms. The SMILES string of the molecule is CCCNC(=O)c1c(N)[nH]n2c(=O)cc(-c3ccc4c(cnn4C)c3)nc12. The van der Waals surface area contributed by atoms with Crippen molar-refractivity contribution in [3.05, 3.63) is 46.4 Å². The van der Waals surface area contributed by atoms with Crippen LogP contribution in [-0.2, 0) is 7.05 Å². The maximum Gasteiger partial charge on any atom is 0.273 e. The Morgan fingerprint density at radius 1 is 1.33 bits per heavy atom.